The number of amides is 2. The van der Waals surface area contributed by atoms with Crippen LogP contribution in [0.5, 0.6) is 0 Å². The van der Waals surface area contributed by atoms with Gasteiger partial charge in [-0.1, -0.05) is 25.0 Å². The number of urea groups is 1. The highest BCUT2D eigenvalue weighted by molar-refractivity contribution is 5.73. The Morgan fingerprint density at radius 2 is 2.00 bits per heavy atom. The second kappa shape index (κ2) is 6.92. The van der Waals surface area contributed by atoms with Crippen LogP contribution in [0, 0.1) is 11.3 Å². The number of rotatable bonds is 2. The maximum atomic E-state index is 12.3. The number of hydrogen-bond donors (Lipinski definition) is 1. The summed E-state index contributed by atoms with van der Waals surface area (Å²) in [5.41, 5.74) is 1.45. The maximum absolute atomic E-state index is 12.3. The van der Waals surface area contributed by atoms with Gasteiger partial charge in [0, 0.05) is 13.1 Å². The first kappa shape index (κ1) is 14.4. The number of likely N-dealkylation sites (tertiary alicyclic amines) is 1. The number of carbonyl (C=O) groups is 1. The van der Waals surface area contributed by atoms with Crippen LogP contribution in [0.25, 0.3) is 0 Å². The highest BCUT2D eigenvalue weighted by Crippen LogP contribution is 2.12. The Bertz CT molecular complexity index is 501. The van der Waals surface area contributed by atoms with Crippen molar-refractivity contribution in [1.29, 1.82) is 5.26 Å². The number of hydrogen-bond acceptors (Lipinski definition) is 3. The molecule has 1 fully saturated rings. The highest BCUT2D eigenvalue weighted by atomic mass is 16.2. The van der Waals surface area contributed by atoms with Crippen LogP contribution in [0.4, 0.5) is 4.79 Å². The van der Waals surface area contributed by atoms with Crippen LogP contribution < -0.4 is 5.84 Å². The Morgan fingerprint density at radius 1 is 1.30 bits per heavy atom. The van der Waals surface area contributed by atoms with E-state index in [1.165, 1.54) is 17.9 Å². The van der Waals surface area contributed by atoms with E-state index in [1.807, 2.05) is 11.0 Å². The fraction of sp³-hybridized carbons (Fsp3) is 0.467. The van der Waals surface area contributed by atoms with Gasteiger partial charge in [-0.3, -0.25) is 5.01 Å². The third kappa shape index (κ3) is 3.72. The summed E-state index contributed by atoms with van der Waals surface area (Å²) in [4.78, 5) is 14.1. The molecule has 1 aliphatic heterocycles. The molecule has 20 heavy (non-hydrogen) atoms. The van der Waals surface area contributed by atoms with E-state index in [4.69, 9.17) is 11.1 Å². The van der Waals surface area contributed by atoms with Crippen molar-refractivity contribution in [3.63, 3.8) is 0 Å². The smallest absolute Gasteiger partial charge is 0.324 e. The Hall–Kier alpha value is -2.06. The fourth-order valence-corrected chi connectivity index (χ4v) is 2.45. The zero-order chi connectivity index (χ0) is 14.4. The quantitative estimate of drug-likeness (QED) is 0.509. The Kier molecular flexibility index (Phi) is 4.97. The lowest BCUT2D eigenvalue weighted by molar-refractivity contribution is 0.152. The van der Waals surface area contributed by atoms with Crippen molar-refractivity contribution in [2.24, 2.45) is 5.84 Å². The minimum absolute atomic E-state index is 0.130. The van der Waals surface area contributed by atoms with Gasteiger partial charge in [-0.05, 0) is 30.5 Å². The molecule has 5 heteroatoms. The second-order valence-corrected chi connectivity index (χ2v) is 5.12. The molecule has 1 heterocycles. The highest BCUT2D eigenvalue weighted by Gasteiger charge is 2.19. The summed E-state index contributed by atoms with van der Waals surface area (Å²) in [6.45, 7) is 1.89. The van der Waals surface area contributed by atoms with Crippen molar-refractivity contribution in [1.82, 2.24) is 9.91 Å². The van der Waals surface area contributed by atoms with Crippen molar-refractivity contribution >= 4 is 6.03 Å². The van der Waals surface area contributed by atoms with Crippen molar-refractivity contribution < 1.29 is 4.79 Å². The van der Waals surface area contributed by atoms with E-state index in [0.717, 1.165) is 31.5 Å². The van der Waals surface area contributed by atoms with Gasteiger partial charge in [0.1, 0.15) is 0 Å². The number of hydrazine groups is 1. The topological polar surface area (TPSA) is 73.4 Å². The number of benzene rings is 1. The molecule has 2 N–H and O–H groups in total. The van der Waals surface area contributed by atoms with Gasteiger partial charge in [-0.25, -0.2) is 10.6 Å². The molecular weight excluding hydrogens is 252 g/mol. The zero-order valence-corrected chi connectivity index (χ0v) is 11.6. The molecule has 0 aromatic heterocycles. The minimum atomic E-state index is -0.130. The summed E-state index contributed by atoms with van der Waals surface area (Å²) in [5, 5.41) is 10.1. The number of nitriles is 1. The normalized spacial score (nSPS) is 15.3. The predicted molar refractivity (Wildman–Crippen MR) is 76.3 cm³/mol. The lowest BCUT2D eigenvalue weighted by Crippen LogP contribution is -2.46. The summed E-state index contributed by atoms with van der Waals surface area (Å²) < 4.78 is 0. The lowest BCUT2D eigenvalue weighted by atomic mass is 10.1. The average molecular weight is 272 g/mol. The molecule has 5 nitrogen and oxygen atoms in total. The molecule has 0 unspecified atom stereocenters. The SMILES string of the molecule is N#Cc1cccc(CN(N)C(=O)N2CCCCCC2)c1. The Morgan fingerprint density at radius 3 is 2.65 bits per heavy atom. The molecule has 0 radical (unpaired) electrons. The van der Waals surface area contributed by atoms with E-state index >= 15 is 0 Å². The molecule has 1 saturated heterocycles. The summed E-state index contributed by atoms with van der Waals surface area (Å²) in [7, 11) is 0. The Balaban J connectivity index is 1.97. The van der Waals surface area contributed by atoms with Gasteiger partial charge in [0.05, 0.1) is 18.2 Å². The molecule has 0 spiro atoms. The standard InChI is InChI=1S/C15H20N4O/c16-11-13-6-5-7-14(10-13)12-19(17)15(20)18-8-3-1-2-4-9-18/h5-7,10H,1-4,8-9,12,17H2. The van der Waals surface area contributed by atoms with Gasteiger partial charge in [-0.2, -0.15) is 5.26 Å². The molecule has 106 valence electrons. The van der Waals surface area contributed by atoms with Crippen LogP contribution in [0.1, 0.15) is 36.8 Å². The van der Waals surface area contributed by atoms with Gasteiger partial charge < -0.3 is 4.90 Å². The van der Waals surface area contributed by atoms with E-state index in [0.29, 0.717) is 12.1 Å². The van der Waals surface area contributed by atoms with Gasteiger partial charge >= 0.3 is 6.03 Å². The van der Waals surface area contributed by atoms with E-state index in [9.17, 15) is 4.79 Å². The van der Waals surface area contributed by atoms with E-state index < -0.39 is 0 Å². The summed E-state index contributed by atoms with van der Waals surface area (Å²) in [5.74, 6) is 5.88. The molecule has 2 rings (SSSR count). The van der Waals surface area contributed by atoms with Gasteiger partial charge in [0.25, 0.3) is 0 Å². The molecule has 1 aromatic rings. The molecule has 0 atom stereocenters. The van der Waals surface area contributed by atoms with Crippen molar-refractivity contribution in [2.75, 3.05) is 13.1 Å². The molecule has 1 aliphatic rings. The van der Waals surface area contributed by atoms with Crippen LogP contribution in [0.3, 0.4) is 0 Å². The fourth-order valence-electron chi connectivity index (χ4n) is 2.45. The van der Waals surface area contributed by atoms with Crippen molar-refractivity contribution in [2.45, 2.75) is 32.2 Å². The molecule has 0 saturated carbocycles. The Labute approximate surface area is 119 Å². The lowest BCUT2D eigenvalue weighted by Gasteiger charge is -2.26. The summed E-state index contributed by atoms with van der Waals surface area (Å²) in [6.07, 6.45) is 4.45. The van der Waals surface area contributed by atoms with Gasteiger partial charge in [-0.15, -0.1) is 0 Å². The van der Waals surface area contributed by atoms with Crippen LogP contribution in [-0.2, 0) is 6.54 Å². The first-order chi connectivity index (χ1) is 9.70. The molecule has 0 aliphatic carbocycles. The summed E-state index contributed by atoms with van der Waals surface area (Å²) >= 11 is 0. The van der Waals surface area contributed by atoms with Crippen molar-refractivity contribution in [3.05, 3.63) is 35.4 Å². The first-order valence-corrected chi connectivity index (χ1v) is 7.01. The van der Waals surface area contributed by atoms with E-state index in [1.54, 1.807) is 18.2 Å². The molecule has 0 bridgehead atoms. The minimum Gasteiger partial charge on any atom is -0.324 e. The van der Waals surface area contributed by atoms with Gasteiger partial charge in [0.15, 0.2) is 0 Å². The zero-order valence-electron chi connectivity index (χ0n) is 11.6. The number of nitrogens with zero attached hydrogens (tertiary/aromatic N) is 3. The van der Waals surface area contributed by atoms with Crippen LogP contribution in [0.15, 0.2) is 24.3 Å². The molecule has 1 aromatic carbocycles. The second-order valence-electron chi connectivity index (χ2n) is 5.12. The molecular formula is C15H20N4O. The monoisotopic (exact) mass is 272 g/mol. The summed E-state index contributed by atoms with van der Waals surface area (Å²) in [6, 6.07) is 9.13. The van der Waals surface area contributed by atoms with Crippen molar-refractivity contribution in [3.8, 4) is 6.07 Å². The maximum Gasteiger partial charge on any atom is 0.334 e. The van der Waals surface area contributed by atoms with Gasteiger partial charge in [0.2, 0.25) is 0 Å². The molecule has 2 amide bonds. The number of nitrogens with two attached hydrogens (primary N) is 1. The largest absolute Gasteiger partial charge is 0.334 e. The average Bonchev–Trinajstić information content (AvgIpc) is 2.75. The number of carbonyl (C=O) groups excluding carboxylic acids is 1. The van der Waals surface area contributed by atoms with Crippen LogP contribution in [0.2, 0.25) is 0 Å². The van der Waals surface area contributed by atoms with Crippen LogP contribution >= 0.6 is 0 Å². The van der Waals surface area contributed by atoms with E-state index in [2.05, 4.69) is 6.07 Å². The third-order valence-electron chi connectivity index (χ3n) is 3.53. The third-order valence-corrected chi connectivity index (χ3v) is 3.53. The predicted octanol–water partition coefficient (Wildman–Crippen LogP) is 2.23. The first-order valence-electron chi connectivity index (χ1n) is 7.01. The van der Waals surface area contributed by atoms with E-state index in [-0.39, 0.29) is 6.03 Å². The van der Waals surface area contributed by atoms with Crippen LogP contribution in [-0.4, -0.2) is 29.0 Å².